The molecule has 1 aliphatic carbocycles. The molecule has 1 N–H and O–H groups in total. The summed E-state index contributed by atoms with van der Waals surface area (Å²) in [4.78, 5) is 26.6. The average molecular weight is 400 g/mol. The van der Waals surface area contributed by atoms with Crippen molar-refractivity contribution in [3.63, 3.8) is 0 Å². The van der Waals surface area contributed by atoms with Gasteiger partial charge < -0.3 is 14.6 Å². The maximum Gasteiger partial charge on any atom is 0.254 e. The Morgan fingerprint density at radius 3 is 2.47 bits per heavy atom. The van der Waals surface area contributed by atoms with Crippen molar-refractivity contribution < 1.29 is 14.0 Å². The zero-order chi connectivity index (χ0) is 20.7. The lowest BCUT2D eigenvalue weighted by molar-refractivity contribution is -0.117. The molecule has 0 unspecified atom stereocenters. The fourth-order valence-electron chi connectivity index (χ4n) is 3.84. The highest BCUT2D eigenvalue weighted by atomic mass is 16.3. The Morgan fingerprint density at radius 2 is 1.77 bits per heavy atom. The number of furan rings is 1. The van der Waals surface area contributed by atoms with Crippen molar-refractivity contribution in [1.82, 2.24) is 4.90 Å². The standard InChI is InChI=1S/C25H24N2O3/c1-16-2-4-19(5-3-16)25(29)27-13-12-22-20(15-27)14-23(30-22)17-8-10-21(11-9-17)26-24(28)18-6-7-18/h2-5,8-11,14,18H,6-7,12-13,15H2,1H3,(H,26,28). The minimum absolute atomic E-state index is 0.0548. The van der Waals surface area contributed by atoms with Crippen LogP contribution in [-0.2, 0) is 17.8 Å². The van der Waals surface area contributed by atoms with E-state index in [1.54, 1.807) is 0 Å². The molecule has 2 aliphatic rings. The SMILES string of the molecule is Cc1ccc(C(=O)N2CCc3oc(-c4ccc(NC(=O)C5CC5)cc4)cc3C2)cc1. The first-order valence-corrected chi connectivity index (χ1v) is 10.5. The molecule has 5 heteroatoms. The lowest BCUT2D eigenvalue weighted by Crippen LogP contribution is -2.35. The van der Waals surface area contributed by atoms with Crippen molar-refractivity contribution in [3.05, 3.63) is 77.0 Å². The van der Waals surface area contributed by atoms with Crippen LogP contribution in [0.1, 0.15) is 40.1 Å². The molecule has 1 aromatic heterocycles. The average Bonchev–Trinajstić information content (AvgIpc) is 3.53. The molecule has 1 saturated carbocycles. The number of hydrogen-bond donors (Lipinski definition) is 1. The molecular formula is C25H24N2O3. The topological polar surface area (TPSA) is 62.6 Å². The Bertz CT molecular complexity index is 1090. The van der Waals surface area contributed by atoms with Crippen LogP contribution in [0.2, 0.25) is 0 Å². The number of rotatable bonds is 4. The third-order valence-electron chi connectivity index (χ3n) is 5.84. The summed E-state index contributed by atoms with van der Waals surface area (Å²) in [5.74, 6) is 2.09. The Balaban J connectivity index is 1.29. The number of carbonyl (C=O) groups is 2. The van der Waals surface area contributed by atoms with E-state index in [4.69, 9.17) is 4.42 Å². The second kappa shape index (κ2) is 7.48. The highest BCUT2D eigenvalue weighted by Gasteiger charge is 2.29. The molecule has 0 atom stereocenters. The fraction of sp³-hybridized carbons (Fsp3) is 0.280. The summed E-state index contributed by atoms with van der Waals surface area (Å²) in [5.41, 5.74) is 4.69. The lowest BCUT2D eigenvalue weighted by Gasteiger charge is -2.26. The van der Waals surface area contributed by atoms with Crippen LogP contribution in [0.25, 0.3) is 11.3 Å². The summed E-state index contributed by atoms with van der Waals surface area (Å²) in [5, 5.41) is 2.96. The van der Waals surface area contributed by atoms with Gasteiger partial charge in [0.2, 0.25) is 5.91 Å². The minimum atomic E-state index is 0.0548. The largest absolute Gasteiger partial charge is 0.461 e. The van der Waals surface area contributed by atoms with Crippen molar-refractivity contribution >= 4 is 17.5 Å². The van der Waals surface area contributed by atoms with E-state index in [-0.39, 0.29) is 17.7 Å². The van der Waals surface area contributed by atoms with Crippen molar-refractivity contribution in [2.75, 3.05) is 11.9 Å². The molecule has 2 aromatic carbocycles. The highest BCUT2D eigenvalue weighted by Crippen LogP contribution is 2.32. The van der Waals surface area contributed by atoms with Gasteiger partial charge in [0.05, 0.1) is 0 Å². The van der Waals surface area contributed by atoms with Gasteiger partial charge in [-0.25, -0.2) is 0 Å². The predicted octanol–water partition coefficient (Wildman–Crippen LogP) is 4.80. The van der Waals surface area contributed by atoms with Crippen molar-refractivity contribution in [1.29, 1.82) is 0 Å². The molecule has 1 aliphatic heterocycles. The summed E-state index contributed by atoms with van der Waals surface area (Å²) < 4.78 is 6.09. The van der Waals surface area contributed by atoms with Crippen LogP contribution in [0, 0.1) is 12.8 Å². The van der Waals surface area contributed by atoms with E-state index in [9.17, 15) is 9.59 Å². The van der Waals surface area contributed by atoms with Crippen LogP contribution in [0.4, 0.5) is 5.69 Å². The minimum Gasteiger partial charge on any atom is -0.461 e. The second-order valence-electron chi connectivity index (χ2n) is 8.24. The van der Waals surface area contributed by atoms with Crippen LogP contribution >= 0.6 is 0 Å². The molecule has 3 aromatic rings. The summed E-state index contributed by atoms with van der Waals surface area (Å²) in [6.07, 6.45) is 2.69. The Morgan fingerprint density at radius 1 is 1.03 bits per heavy atom. The first-order valence-electron chi connectivity index (χ1n) is 10.5. The van der Waals surface area contributed by atoms with Gasteiger partial charge in [0, 0.05) is 47.8 Å². The molecular weight excluding hydrogens is 376 g/mol. The first-order chi connectivity index (χ1) is 14.6. The zero-order valence-corrected chi connectivity index (χ0v) is 17.0. The van der Waals surface area contributed by atoms with E-state index >= 15 is 0 Å². The lowest BCUT2D eigenvalue weighted by atomic mass is 10.1. The zero-order valence-electron chi connectivity index (χ0n) is 17.0. The van der Waals surface area contributed by atoms with Gasteiger partial charge in [-0.3, -0.25) is 9.59 Å². The fourth-order valence-corrected chi connectivity index (χ4v) is 3.84. The van der Waals surface area contributed by atoms with E-state index in [0.29, 0.717) is 19.5 Å². The van der Waals surface area contributed by atoms with E-state index in [2.05, 4.69) is 5.32 Å². The third-order valence-corrected chi connectivity index (χ3v) is 5.84. The van der Waals surface area contributed by atoms with Crippen LogP contribution < -0.4 is 5.32 Å². The second-order valence-corrected chi connectivity index (χ2v) is 8.24. The molecule has 0 spiro atoms. The number of aryl methyl sites for hydroxylation is 1. The molecule has 0 radical (unpaired) electrons. The number of hydrogen-bond acceptors (Lipinski definition) is 3. The van der Waals surface area contributed by atoms with Gasteiger partial charge >= 0.3 is 0 Å². The predicted molar refractivity (Wildman–Crippen MR) is 115 cm³/mol. The van der Waals surface area contributed by atoms with Gasteiger partial charge in [-0.15, -0.1) is 0 Å². The monoisotopic (exact) mass is 400 g/mol. The number of nitrogens with zero attached hydrogens (tertiary/aromatic N) is 1. The normalized spacial score (nSPS) is 15.6. The molecule has 0 saturated heterocycles. The summed E-state index contributed by atoms with van der Waals surface area (Å²) in [6, 6.07) is 17.5. The van der Waals surface area contributed by atoms with Gasteiger partial charge in [-0.2, -0.15) is 0 Å². The maximum absolute atomic E-state index is 12.8. The van der Waals surface area contributed by atoms with E-state index in [0.717, 1.165) is 52.3 Å². The molecule has 152 valence electrons. The number of nitrogens with one attached hydrogen (secondary N) is 1. The van der Waals surface area contributed by atoms with Gasteiger partial charge in [0.1, 0.15) is 11.5 Å². The molecule has 0 bridgehead atoms. The number of fused-ring (bicyclic) bond motifs is 1. The number of anilines is 1. The Kier molecular flexibility index (Phi) is 4.66. The van der Waals surface area contributed by atoms with E-state index in [1.165, 1.54) is 0 Å². The number of amides is 2. The molecule has 5 nitrogen and oxygen atoms in total. The summed E-state index contributed by atoms with van der Waals surface area (Å²) in [6.45, 7) is 3.22. The van der Waals surface area contributed by atoms with Crippen LogP contribution in [0.5, 0.6) is 0 Å². The summed E-state index contributed by atoms with van der Waals surface area (Å²) in [7, 11) is 0. The molecule has 1 fully saturated rings. The maximum atomic E-state index is 12.8. The van der Waals surface area contributed by atoms with Gasteiger partial charge in [0.25, 0.3) is 5.91 Å². The Labute approximate surface area is 175 Å². The van der Waals surface area contributed by atoms with E-state index in [1.807, 2.05) is 66.4 Å². The number of benzene rings is 2. The van der Waals surface area contributed by atoms with Crippen LogP contribution in [0.15, 0.2) is 59.0 Å². The van der Waals surface area contributed by atoms with Crippen molar-refractivity contribution in [2.45, 2.75) is 32.7 Å². The molecule has 30 heavy (non-hydrogen) atoms. The van der Waals surface area contributed by atoms with Gasteiger partial charge in [-0.05, 0) is 62.2 Å². The van der Waals surface area contributed by atoms with Crippen LogP contribution in [-0.4, -0.2) is 23.3 Å². The summed E-state index contributed by atoms with van der Waals surface area (Å²) >= 11 is 0. The van der Waals surface area contributed by atoms with Gasteiger partial charge in [0.15, 0.2) is 0 Å². The van der Waals surface area contributed by atoms with Crippen LogP contribution in [0.3, 0.4) is 0 Å². The molecule has 2 amide bonds. The van der Waals surface area contributed by atoms with Crippen molar-refractivity contribution in [3.8, 4) is 11.3 Å². The molecule has 5 rings (SSSR count). The quantitative estimate of drug-likeness (QED) is 0.684. The highest BCUT2D eigenvalue weighted by molar-refractivity contribution is 5.95. The third kappa shape index (κ3) is 3.75. The Hall–Kier alpha value is -3.34. The van der Waals surface area contributed by atoms with Gasteiger partial charge in [-0.1, -0.05) is 17.7 Å². The number of carbonyl (C=O) groups excluding carboxylic acids is 2. The molecule has 2 heterocycles. The van der Waals surface area contributed by atoms with E-state index < -0.39 is 0 Å². The van der Waals surface area contributed by atoms with Crippen molar-refractivity contribution in [2.24, 2.45) is 5.92 Å². The first kappa shape index (κ1) is 18.7. The smallest absolute Gasteiger partial charge is 0.254 e.